The highest BCUT2D eigenvalue weighted by atomic mass is 32.1. The van der Waals surface area contributed by atoms with E-state index in [1.165, 1.54) is 0 Å². The lowest BCUT2D eigenvalue weighted by molar-refractivity contribution is -0.139. The number of aromatic nitrogens is 2. The second kappa shape index (κ2) is 10.2. The van der Waals surface area contributed by atoms with Crippen LogP contribution in [-0.4, -0.2) is 82.6 Å². The van der Waals surface area contributed by atoms with E-state index < -0.39 is 0 Å². The molecule has 2 fully saturated rings. The number of hydrogen-bond donors (Lipinski definition) is 0. The van der Waals surface area contributed by atoms with Crippen molar-refractivity contribution in [3.63, 3.8) is 0 Å². The molecule has 2 aliphatic rings. The number of likely N-dealkylation sites (tertiary alicyclic amines) is 1. The van der Waals surface area contributed by atoms with Crippen LogP contribution < -0.4 is 0 Å². The number of amides is 1. The molecule has 2 aliphatic heterocycles. The van der Waals surface area contributed by atoms with Gasteiger partial charge in [-0.3, -0.25) is 14.6 Å². The lowest BCUT2D eigenvalue weighted by atomic mass is 10.0. The quantitative estimate of drug-likeness (QED) is 0.632. The van der Waals surface area contributed by atoms with Crippen LogP contribution in [0.5, 0.6) is 0 Å². The van der Waals surface area contributed by atoms with Crippen molar-refractivity contribution >= 4 is 17.2 Å². The largest absolute Gasteiger partial charge is 0.339 e. The van der Waals surface area contributed by atoms with Gasteiger partial charge >= 0.3 is 0 Å². The molecule has 2 saturated heterocycles. The Balaban J connectivity index is 1.19. The summed E-state index contributed by atoms with van der Waals surface area (Å²) in [6, 6.07) is 3.96. The molecule has 4 rings (SSSR count). The van der Waals surface area contributed by atoms with Crippen LogP contribution >= 0.6 is 11.3 Å². The van der Waals surface area contributed by atoms with Crippen molar-refractivity contribution in [1.29, 1.82) is 0 Å². The van der Waals surface area contributed by atoms with Crippen molar-refractivity contribution in [3.05, 3.63) is 23.4 Å². The van der Waals surface area contributed by atoms with Gasteiger partial charge in [-0.2, -0.15) is 4.98 Å². The highest BCUT2D eigenvalue weighted by Crippen LogP contribution is 2.22. The molecule has 4 heterocycles. The Labute approximate surface area is 182 Å². The van der Waals surface area contributed by atoms with Crippen LogP contribution in [0.15, 0.2) is 22.0 Å². The van der Waals surface area contributed by atoms with Gasteiger partial charge in [-0.1, -0.05) is 23.6 Å². The number of hydrogen-bond acceptors (Lipinski definition) is 7. The van der Waals surface area contributed by atoms with Gasteiger partial charge < -0.3 is 9.42 Å². The summed E-state index contributed by atoms with van der Waals surface area (Å²) in [6.45, 7) is 5.90. The van der Waals surface area contributed by atoms with Gasteiger partial charge in [0.25, 0.3) is 0 Å². The number of nitrogens with zero attached hydrogens (tertiary/aromatic N) is 5. The first kappa shape index (κ1) is 21.0. The predicted octanol–water partition coefficient (Wildman–Crippen LogP) is 2.36. The van der Waals surface area contributed by atoms with Crippen LogP contribution in [0.25, 0.3) is 10.7 Å². The molecule has 0 N–H and O–H groups in total. The average molecular weight is 428 g/mol. The van der Waals surface area contributed by atoms with Crippen molar-refractivity contribution in [2.75, 3.05) is 45.8 Å². The smallest absolute Gasteiger partial charge is 0.240 e. The minimum Gasteiger partial charge on any atom is -0.339 e. The third-order valence-corrected chi connectivity index (χ3v) is 6.82. The van der Waals surface area contributed by atoms with Crippen LogP contribution in [0.1, 0.15) is 31.6 Å². The first-order valence-corrected chi connectivity index (χ1v) is 11.7. The summed E-state index contributed by atoms with van der Waals surface area (Å²) in [5.41, 5.74) is 0. The summed E-state index contributed by atoms with van der Waals surface area (Å²) in [5, 5.41) is 6.08. The lowest BCUT2D eigenvalue weighted by Crippen LogP contribution is -2.56. The van der Waals surface area contributed by atoms with E-state index in [0.717, 1.165) is 76.2 Å². The van der Waals surface area contributed by atoms with E-state index in [1.54, 1.807) is 11.3 Å². The van der Waals surface area contributed by atoms with Gasteiger partial charge in [-0.15, -0.1) is 17.8 Å². The Morgan fingerprint density at radius 1 is 1.27 bits per heavy atom. The van der Waals surface area contributed by atoms with E-state index >= 15 is 0 Å². The number of piperidine rings is 1. The molecule has 30 heavy (non-hydrogen) atoms. The molecular formula is C22H29N5O2S. The van der Waals surface area contributed by atoms with Crippen molar-refractivity contribution < 1.29 is 9.32 Å². The number of carbonyl (C=O) groups is 1. The Morgan fingerprint density at radius 3 is 2.90 bits per heavy atom. The molecule has 160 valence electrons. The van der Waals surface area contributed by atoms with E-state index in [-0.39, 0.29) is 11.9 Å². The SMILES string of the molecule is C#CCN1CCCCC1C(=O)N1CCN(CCCc2nc(-c3cccs3)no2)CC1. The molecule has 2 aromatic rings. The lowest BCUT2D eigenvalue weighted by Gasteiger charge is -2.40. The summed E-state index contributed by atoms with van der Waals surface area (Å²) < 4.78 is 5.38. The summed E-state index contributed by atoms with van der Waals surface area (Å²) in [4.78, 5) is 25.2. The highest BCUT2D eigenvalue weighted by Gasteiger charge is 2.32. The third kappa shape index (κ3) is 5.09. The number of thiophene rings is 1. The molecule has 0 aliphatic carbocycles. The molecule has 8 heteroatoms. The highest BCUT2D eigenvalue weighted by molar-refractivity contribution is 7.13. The molecule has 0 spiro atoms. The van der Waals surface area contributed by atoms with E-state index in [9.17, 15) is 4.79 Å². The molecule has 1 amide bonds. The normalized spacial score (nSPS) is 20.9. The van der Waals surface area contributed by atoms with Crippen LogP contribution in [0.4, 0.5) is 0 Å². The summed E-state index contributed by atoms with van der Waals surface area (Å²) >= 11 is 1.61. The molecule has 2 aromatic heterocycles. The first-order valence-electron chi connectivity index (χ1n) is 10.8. The minimum absolute atomic E-state index is 0.0311. The fourth-order valence-electron chi connectivity index (χ4n) is 4.30. The molecular weight excluding hydrogens is 398 g/mol. The molecule has 0 aromatic carbocycles. The maximum Gasteiger partial charge on any atom is 0.240 e. The van der Waals surface area contributed by atoms with Crippen LogP contribution in [0, 0.1) is 12.3 Å². The minimum atomic E-state index is -0.0311. The number of terminal acetylenes is 1. The van der Waals surface area contributed by atoms with E-state index in [4.69, 9.17) is 10.9 Å². The summed E-state index contributed by atoms with van der Waals surface area (Å²) in [5.74, 6) is 4.34. The Kier molecular flexibility index (Phi) is 7.16. The molecule has 7 nitrogen and oxygen atoms in total. The van der Waals surface area contributed by atoms with Crippen LogP contribution in [0.2, 0.25) is 0 Å². The number of piperazine rings is 1. The van der Waals surface area contributed by atoms with E-state index in [1.807, 2.05) is 22.4 Å². The second-order valence-electron chi connectivity index (χ2n) is 7.95. The Hall–Kier alpha value is -2.21. The van der Waals surface area contributed by atoms with Gasteiger partial charge in [0, 0.05) is 32.6 Å². The fraction of sp³-hybridized carbons (Fsp3) is 0.591. The predicted molar refractivity (Wildman–Crippen MR) is 117 cm³/mol. The number of rotatable bonds is 7. The number of aryl methyl sites for hydroxylation is 1. The van der Waals surface area contributed by atoms with Crippen LogP contribution in [-0.2, 0) is 11.2 Å². The molecule has 1 unspecified atom stereocenters. The zero-order chi connectivity index (χ0) is 20.8. The molecule has 1 atom stereocenters. The van der Waals surface area contributed by atoms with Crippen LogP contribution in [0.3, 0.4) is 0 Å². The second-order valence-corrected chi connectivity index (χ2v) is 8.89. The van der Waals surface area contributed by atoms with E-state index in [2.05, 4.69) is 25.9 Å². The molecule has 0 bridgehead atoms. The fourth-order valence-corrected chi connectivity index (χ4v) is 4.95. The standard InChI is InChI=1S/C22H29N5O2S/c1-2-10-26-12-4-3-7-18(26)22(28)27-15-13-25(14-16-27)11-5-9-20-23-21(24-29-20)19-8-6-17-30-19/h1,6,8,17-18H,3-5,7,9-16H2. The Morgan fingerprint density at radius 2 is 2.13 bits per heavy atom. The maximum absolute atomic E-state index is 13.0. The van der Waals surface area contributed by atoms with Gasteiger partial charge in [0.15, 0.2) is 0 Å². The van der Waals surface area contributed by atoms with Gasteiger partial charge in [0.2, 0.25) is 17.6 Å². The van der Waals surface area contributed by atoms with Gasteiger partial charge in [-0.05, 0) is 43.8 Å². The van der Waals surface area contributed by atoms with Crippen molar-refractivity contribution in [2.24, 2.45) is 0 Å². The van der Waals surface area contributed by atoms with E-state index in [0.29, 0.717) is 18.3 Å². The van der Waals surface area contributed by atoms with Gasteiger partial charge in [0.1, 0.15) is 0 Å². The molecule has 0 radical (unpaired) electrons. The zero-order valence-electron chi connectivity index (χ0n) is 17.3. The van der Waals surface area contributed by atoms with Crippen molar-refractivity contribution in [3.8, 4) is 23.0 Å². The van der Waals surface area contributed by atoms with Crippen molar-refractivity contribution in [2.45, 2.75) is 38.1 Å². The summed E-state index contributed by atoms with van der Waals surface area (Å²) in [7, 11) is 0. The Bertz CT molecular complexity index is 851. The van der Waals surface area contributed by atoms with Gasteiger partial charge in [0.05, 0.1) is 17.5 Å². The zero-order valence-corrected chi connectivity index (χ0v) is 18.1. The topological polar surface area (TPSA) is 65.7 Å². The first-order chi connectivity index (χ1) is 14.7. The maximum atomic E-state index is 13.0. The number of carbonyl (C=O) groups excluding carboxylic acids is 1. The van der Waals surface area contributed by atoms with Crippen molar-refractivity contribution in [1.82, 2.24) is 24.8 Å². The average Bonchev–Trinajstić information content (AvgIpc) is 3.47. The molecule has 0 saturated carbocycles. The third-order valence-electron chi connectivity index (χ3n) is 5.95. The summed E-state index contributed by atoms with van der Waals surface area (Å²) in [6.07, 6.45) is 10.4. The van der Waals surface area contributed by atoms with Gasteiger partial charge in [-0.25, -0.2) is 0 Å². The monoisotopic (exact) mass is 427 g/mol.